The fourth-order valence-electron chi connectivity index (χ4n) is 1.98. The third-order valence-corrected chi connectivity index (χ3v) is 4.01. The summed E-state index contributed by atoms with van der Waals surface area (Å²) in [5, 5.41) is 0.646. The third kappa shape index (κ3) is 3.86. The monoisotopic (exact) mass is 393 g/mol. The molecule has 0 radical (unpaired) electrons. The van der Waals surface area contributed by atoms with E-state index in [0.717, 1.165) is 15.8 Å². The molecule has 0 bridgehead atoms. The highest BCUT2D eigenvalue weighted by atomic mass is 79.9. The standard InChI is InChI=1S/C17H13BrClNO3/c1-21-14-5-2-11(3-6-14)17-20-13(10-23-17)9-22-16-7-4-12(19)8-15(16)18/h2-8,10H,9H2,1H3. The Balaban J connectivity index is 1.69. The average Bonchev–Trinajstić information content (AvgIpc) is 3.03. The second kappa shape index (κ2) is 7.06. The number of aromatic nitrogens is 1. The van der Waals surface area contributed by atoms with Crippen LogP contribution in [0.1, 0.15) is 5.69 Å². The minimum Gasteiger partial charge on any atom is -0.497 e. The van der Waals surface area contributed by atoms with Gasteiger partial charge in [0.2, 0.25) is 5.89 Å². The van der Waals surface area contributed by atoms with Gasteiger partial charge in [0, 0.05) is 10.6 Å². The molecule has 3 aromatic rings. The minimum atomic E-state index is 0.305. The van der Waals surface area contributed by atoms with Crippen LogP contribution in [-0.4, -0.2) is 12.1 Å². The van der Waals surface area contributed by atoms with Crippen LogP contribution in [0.15, 0.2) is 57.6 Å². The van der Waals surface area contributed by atoms with Crippen molar-refractivity contribution in [3.8, 4) is 23.0 Å². The topological polar surface area (TPSA) is 44.5 Å². The molecule has 0 unspecified atom stereocenters. The van der Waals surface area contributed by atoms with E-state index in [9.17, 15) is 0 Å². The summed E-state index contributed by atoms with van der Waals surface area (Å²) in [5.41, 5.74) is 1.59. The summed E-state index contributed by atoms with van der Waals surface area (Å²) < 4.78 is 17.1. The van der Waals surface area contributed by atoms with Crippen molar-refractivity contribution < 1.29 is 13.9 Å². The van der Waals surface area contributed by atoms with Gasteiger partial charge in [0.1, 0.15) is 30.1 Å². The molecule has 0 aliphatic carbocycles. The van der Waals surface area contributed by atoms with Gasteiger partial charge in [0.25, 0.3) is 0 Å². The molecule has 1 heterocycles. The zero-order chi connectivity index (χ0) is 16.2. The average molecular weight is 395 g/mol. The molecule has 0 spiro atoms. The molecule has 0 saturated carbocycles. The van der Waals surface area contributed by atoms with Gasteiger partial charge in [-0.15, -0.1) is 0 Å². The number of halogens is 2. The maximum Gasteiger partial charge on any atom is 0.226 e. The summed E-state index contributed by atoms with van der Waals surface area (Å²) >= 11 is 9.32. The van der Waals surface area contributed by atoms with Crippen molar-refractivity contribution in [2.45, 2.75) is 6.61 Å². The lowest BCUT2D eigenvalue weighted by Crippen LogP contribution is -1.96. The zero-order valence-electron chi connectivity index (χ0n) is 12.3. The molecular weight excluding hydrogens is 382 g/mol. The number of nitrogens with zero attached hydrogens (tertiary/aromatic N) is 1. The van der Waals surface area contributed by atoms with E-state index in [0.29, 0.717) is 29.0 Å². The quantitative estimate of drug-likeness (QED) is 0.585. The smallest absolute Gasteiger partial charge is 0.226 e. The maximum absolute atomic E-state index is 5.91. The molecular formula is C17H13BrClNO3. The SMILES string of the molecule is COc1ccc(-c2nc(COc3ccc(Cl)cc3Br)co2)cc1. The Morgan fingerprint density at radius 2 is 1.96 bits per heavy atom. The Morgan fingerprint density at radius 1 is 1.17 bits per heavy atom. The molecule has 0 aliphatic rings. The lowest BCUT2D eigenvalue weighted by Gasteiger charge is -2.06. The van der Waals surface area contributed by atoms with Gasteiger partial charge in [0.15, 0.2) is 0 Å². The summed E-state index contributed by atoms with van der Waals surface area (Å²) in [6.07, 6.45) is 1.59. The first-order valence-electron chi connectivity index (χ1n) is 6.82. The molecule has 118 valence electrons. The summed E-state index contributed by atoms with van der Waals surface area (Å²) in [6, 6.07) is 12.9. The number of oxazole rings is 1. The maximum atomic E-state index is 5.91. The molecule has 2 aromatic carbocycles. The van der Waals surface area contributed by atoms with E-state index >= 15 is 0 Å². The summed E-state index contributed by atoms with van der Waals surface area (Å²) in [4.78, 5) is 4.42. The zero-order valence-corrected chi connectivity index (χ0v) is 14.6. The van der Waals surface area contributed by atoms with Crippen LogP contribution in [0.3, 0.4) is 0 Å². The van der Waals surface area contributed by atoms with Gasteiger partial charge >= 0.3 is 0 Å². The van der Waals surface area contributed by atoms with Gasteiger partial charge < -0.3 is 13.9 Å². The third-order valence-electron chi connectivity index (χ3n) is 3.16. The molecule has 6 heteroatoms. The number of hydrogen-bond donors (Lipinski definition) is 0. The highest BCUT2D eigenvalue weighted by Crippen LogP contribution is 2.29. The Morgan fingerprint density at radius 3 is 2.65 bits per heavy atom. The van der Waals surface area contributed by atoms with Crippen molar-refractivity contribution in [1.29, 1.82) is 0 Å². The van der Waals surface area contributed by atoms with Crippen molar-refractivity contribution >= 4 is 27.5 Å². The largest absolute Gasteiger partial charge is 0.497 e. The van der Waals surface area contributed by atoms with Crippen LogP contribution < -0.4 is 9.47 Å². The summed E-state index contributed by atoms with van der Waals surface area (Å²) in [7, 11) is 1.63. The summed E-state index contributed by atoms with van der Waals surface area (Å²) in [5.74, 6) is 2.03. The van der Waals surface area contributed by atoms with Crippen LogP contribution in [0, 0.1) is 0 Å². The van der Waals surface area contributed by atoms with Gasteiger partial charge in [0.05, 0.1) is 11.6 Å². The second-order valence-electron chi connectivity index (χ2n) is 4.74. The van der Waals surface area contributed by atoms with E-state index in [-0.39, 0.29) is 0 Å². The van der Waals surface area contributed by atoms with E-state index in [2.05, 4.69) is 20.9 Å². The molecule has 1 aromatic heterocycles. The number of benzene rings is 2. The number of rotatable bonds is 5. The van der Waals surface area contributed by atoms with E-state index in [1.807, 2.05) is 24.3 Å². The highest BCUT2D eigenvalue weighted by molar-refractivity contribution is 9.10. The molecule has 0 aliphatic heterocycles. The molecule has 3 rings (SSSR count). The number of methoxy groups -OCH3 is 1. The fourth-order valence-corrected chi connectivity index (χ4v) is 2.78. The first kappa shape index (κ1) is 15.9. The minimum absolute atomic E-state index is 0.305. The van der Waals surface area contributed by atoms with Crippen molar-refractivity contribution in [2.75, 3.05) is 7.11 Å². The molecule has 0 fully saturated rings. The van der Waals surface area contributed by atoms with Crippen LogP contribution >= 0.6 is 27.5 Å². The highest BCUT2D eigenvalue weighted by Gasteiger charge is 2.09. The van der Waals surface area contributed by atoms with E-state index < -0.39 is 0 Å². The number of hydrogen-bond acceptors (Lipinski definition) is 4. The Kier molecular flexibility index (Phi) is 4.88. The van der Waals surface area contributed by atoms with Gasteiger partial charge in [-0.1, -0.05) is 11.6 Å². The molecule has 4 nitrogen and oxygen atoms in total. The van der Waals surface area contributed by atoms with E-state index in [4.69, 9.17) is 25.5 Å². The van der Waals surface area contributed by atoms with Crippen LogP contribution in [0.4, 0.5) is 0 Å². The van der Waals surface area contributed by atoms with Crippen molar-refractivity contribution in [3.05, 3.63) is 63.9 Å². The predicted octanol–water partition coefficient (Wildman–Crippen LogP) is 5.35. The lowest BCUT2D eigenvalue weighted by atomic mass is 10.2. The first-order chi connectivity index (χ1) is 11.2. The molecule has 0 amide bonds. The molecule has 0 atom stereocenters. The van der Waals surface area contributed by atoms with Crippen LogP contribution in [0.5, 0.6) is 11.5 Å². The first-order valence-corrected chi connectivity index (χ1v) is 7.99. The lowest BCUT2D eigenvalue weighted by molar-refractivity contribution is 0.299. The Labute approximate surface area is 147 Å². The van der Waals surface area contributed by atoms with Gasteiger partial charge in [-0.2, -0.15) is 0 Å². The van der Waals surface area contributed by atoms with E-state index in [1.54, 1.807) is 31.6 Å². The van der Waals surface area contributed by atoms with Crippen molar-refractivity contribution in [1.82, 2.24) is 4.98 Å². The second-order valence-corrected chi connectivity index (χ2v) is 6.03. The Bertz CT molecular complexity index is 802. The Hall–Kier alpha value is -1.98. The van der Waals surface area contributed by atoms with Crippen LogP contribution in [0.25, 0.3) is 11.5 Å². The molecule has 0 saturated heterocycles. The van der Waals surface area contributed by atoms with Gasteiger partial charge in [-0.25, -0.2) is 4.98 Å². The summed E-state index contributed by atoms with van der Waals surface area (Å²) in [6.45, 7) is 0.305. The van der Waals surface area contributed by atoms with Gasteiger partial charge in [-0.05, 0) is 58.4 Å². The van der Waals surface area contributed by atoms with Crippen molar-refractivity contribution in [2.24, 2.45) is 0 Å². The van der Waals surface area contributed by atoms with Crippen LogP contribution in [-0.2, 0) is 6.61 Å². The van der Waals surface area contributed by atoms with Crippen LogP contribution in [0.2, 0.25) is 5.02 Å². The predicted molar refractivity (Wildman–Crippen MR) is 92.0 cm³/mol. The van der Waals surface area contributed by atoms with E-state index in [1.165, 1.54) is 0 Å². The normalized spacial score (nSPS) is 10.6. The van der Waals surface area contributed by atoms with Crippen molar-refractivity contribution in [3.63, 3.8) is 0 Å². The fraction of sp³-hybridized carbons (Fsp3) is 0.118. The van der Waals surface area contributed by atoms with Gasteiger partial charge in [-0.3, -0.25) is 0 Å². The molecule has 23 heavy (non-hydrogen) atoms. The molecule has 0 N–H and O–H groups in total. The number of ether oxygens (including phenoxy) is 2.